The van der Waals surface area contributed by atoms with Gasteiger partial charge in [-0.2, -0.15) is 0 Å². The van der Waals surface area contributed by atoms with E-state index in [4.69, 9.17) is 16.3 Å². The molecular weight excluding hydrogens is 402 g/mol. The highest BCUT2D eigenvalue weighted by Crippen LogP contribution is 2.37. The molecule has 1 aromatic heterocycles. The summed E-state index contributed by atoms with van der Waals surface area (Å²) >= 11 is 6.20. The average molecular weight is 424 g/mol. The lowest BCUT2D eigenvalue weighted by Crippen LogP contribution is -2.39. The highest BCUT2D eigenvalue weighted by atomic mass is 35.5. The topological polar surface area (TPSA) is 80.2 Å². The van der Waals surface area contributed by atoms with Crippen molar-refractivity contribution in [3.8, 4) is 11.4 Å². The molecule has 0 spiro atoms. The summed E-state index contributed by atoms with van der Waals surface area (Å²) in [7, 11) is 0. The summed E-state index contributed by atoms with van der Waals surface area (Å²) in [6.07, 6.45) is 2.51. The number of fused-ring (bicyclic) bond motifs is 1. The number of hydrogen-bond donors (Lipinski definition) is 3. The zero-order valence-electron chi connectivity index (χ0n) is 16.3. The minimum Gasteiger partial charge on any atom is -0.492 e. The van der Waals surface area contributed by atoms with E-state index < -0.39 is 0 Å². The van der Waals surface area contributed by atoms with Crippen LogP contribution in [0.5, 0.6) is 5.75 Å². The molecule has 2 aromatic carbocycles. The van der Waals surface area contributed by atoms with Crippen molar-refractivity contribution in [1.29, 1.82) is 0 Å². The number of para-hydroxylation sites is 1. The molecule has 1 atom stereocenters. The van der Waals surface area contributed by atoms with Gasteiger partial charge in [-0.25, -0.2) is 9.48 Å². The smallest absolute Gasteiger partial charge is 0.320 e. The van der Waals surface area contributed by atoms with E-state index in [1.165, 1.54) is 5.56 Å². The van der Waals surface area contributed by atoms with Crippen molar-refractivity contribution in [3.63, 3.8) is 0 Å². The highest BCUT2D eigenvalue weighted by Gasteiger charge is 2.25. The molecule has 7 nitrogen and oxygen atoms in total. The number of amides is 2. The standard InChI is InChI=1S/C22H22ClN5O2/c23-18-3-1-2-17-19(9-11-30-21(17)18)25-22(29)26-20-8-10-28(27-20)16-6-4-14(5-7-16)15-12-24-13-15/h1-8,10,15,19,24H,9,11-13H2,(H2,25,26,27,29)/t19-/m0/s1. The molecular formula is C22H22ClN5O2. The number of ether oxygens (including phenoxy) is 1. The van der Waals surface area contributed by atoms with Crippen LogP contribution in [0.2, 0.25) is 5.02 Å². The number of nitrogens with zero attached hydrogens (tertiary/aromatic N) is 2. The van der Waals surface area contributed by atoms with E-state index >= 15 is 0 Å². The van der Waals surface area contributed by atoms with Crippen LogP contribution in [0.25, 0.3) is 5.69 Å². The first-order valence-electron chi connectivity index (χ1n) is 10.0. The zero-order valence-corrected chi connectivity index (χ0v) is 17.0. The van der Waals surface area contributed by atoms with E-state index in [2.05, 4.69) is 33.2 Å². The van der Waals surface area contributed by atoms with Crippen molar-refractivity contribution < 1.29 is 9.53 Å². The molecule has 3 aromatic rings. The largest absolute Gasteiger partial charge is 0.492 e. The number of benzene rings is 2. The SMILES string of the molecule is O=C(Nc1ccn(-c2ccc(C3CNC3)cc2)n1)N[C@H]1CCOc2c(Cl)cccc21. The minimum atomic E-state index is -0.314. The first kappa shape index (κ1) is 19.0. The van der Waals surface area contributed by atoms with Gasteiger partial charge in [0.25, 0.3) is 0 Å². The normalized spacial score (nSPS) is 18.1. The van der Waals surface area contributed by atoms with Crippen molar-refractivity contribution >= 4 is 23.4 Å². The number of rotatable bonds is 4. The van der Waals surface area contributed by atoms with Crippen molar-refractivity contribution in [1.82, 2.24) is 20.4 Å². The number of carbonyl (C=O) groups excluding carboxylic acids is 1. The van der Waals surface area contributed by atoms with E-state index in [0.29, 0.717) is 35.5 Å². The van der Waals surface area contributed by atoms with E-state index in [1.54, 1.807) is 16.8 Å². The molecule has 2 amide bonds. The summed E-state index contributed by atoms with van der Waals surface area (Å²) < 4.78 is 7.40. The summed E-state index contributed by atoms with van der Waals surface area (Å²) in [5, 5.41) is 14.1. The molecule has 0 unspecified atom stereocenters. The third kappa shape index (κ3) is 3.74. The predicted octanol–water partition coefficient (Wildman–Crippen LogP) is 3.86. The zero-order chi connectivity index (χ0) is 20.5. The van der Waals surface area contributed by atoms with Crippen LogP contribution in [0, 0.1) is 0 Å². The van der Waals surface area contributed by atoms with E-state index in [-0.39, 0.29) is 12.1 Å². The summed E-state index contributed by atoms with van der Waals surface area (Å²) in [6.45, 7) is 2.57. The Morgan fingerprint density at radius 1 is 1.17 bits per heavy atom. The van der Waals surface area contributed by atoms with Gasteiger partial charge in [0.2, 0.25) is 0 Å². The Kier molecular flexibility index (Phi) is 5.06. The number of carbonyl (C=O) groups is 1. The predicted molar refractivity (Wildman–Crippen MR) is 116 cm³/mol. The summed E-state index contributed by atoms with van der Waals surface area (Å²) in [5.74, 6) is 1.72. The lowest BCUT2D eigenvalue weighted by molar-refractivity contribution is 0.232. The van der Waals surface area contributed by atoms with Gasteiger partial charge in [0, 0.05) is 43.3 Å². The molecule has 1 saturated heterocycles. The molecule has 3 N–H and O–H groups in total. The van der Waals surface area contributed by atoms with E-state index in [0.717, 1.165) is 24.3 Å². The lowest BCUT2D eigenvalue weighted by Gasteiger charge is -2.27. The molecule has 5 rings (SSSR count). The Bertz CT molecular complexity index is 1060. The Morgan fingerprint density at radius 2 is 2.00 bits per heavy atom. The number of halogens is 1. The Balaban J connectivity index is 1.24. The van der Waals surface area contributed by atoms with Gasteiger partial charge in [0.05, 0.1) is 23.4 Å². The molecule has 3 heterocycles. The van der Waals surface area contributed by atoms with Crippen LogP contribution < -0.4 is 20.7 Å². The van der Waals surface area contributed by atoms with Crippen molar-refractivity contribution in [2.45, 2.75) is 18.4 Å². The molecule has 2 aliphatic rings. The number of anilines is 1. The third-order valence-electron chi connectivity index (χ3n) is 5.57. The van der Waals surface area contributed by atoms with Gasteiger partial charge < -0.3 is 15.4 Å². The molecule has 0 radical (unpaired) electrons. The highest BCUT2D eigenvalue weighted by molar-refractivity contribution is 6.32. The van der Waals surface area contributed by atoms with Crippen LogP contribution in [0.3, 0.4) is 0 Å². The van der Waals surface area contributed by atoms with Gasteiger partial charge >= 0.3 is 6.03 Å². The lowest BCUT2D eigenvalue weighted by atomic mass is 9.94. The first-order chi connectivity index (χ1) is 14.7. The summed E-state index contributed by atoms with van der Waals surface area (Å²) in [4.78, 5) is 12.5. The van der Waals surface area contributed by atoms with Gasteiger partial charge in [0.15, 0.2) is 5.82 Å². The van der Waals surface area contributed by atoms with Gasteiger partial charge in [-0.1, -0.05) is 35.9 Å². The second-order valence-electron chi connectivity index (χ2n) is 7.54. The number of aromatic nitrogens is 2. The maximum Gasteiger partial charge on any atom is 0.320 e. The summed E-state index contributed by atoms with van der Waals surface area (Å²) in [6, 6.07) is 15.2. The molecule has 2 aliphatic heterocycles. The van der Waals surface area contributed by atoms with E-state index in [1.807, 2.05) is 30.5 Å². The van der Waals surface area contributed by atoms with Crippen LogP contribution in [-0.2, 0) is 0 Å². The third-order valence-corrected chi connectivity index (χ3v) is 5.87. The molecule has 0 aliphatic carbocycles. The van der Waals surface area contributed by atoms with Crippen LogP contribution in [0.1, 0.15) is 29.5 Å². The molecule has 1 fully saturated rings. The minimum absolute atomic E-state index is 0.164. The van der Waals surface area contributed by atoms with Crippen molar-refractivity contribution in [2.24, 2.45) is 0 Å². The second-order valence-corrected chi connectivity index (χ2v) is 7.95. The molecule has 30 heavy (non-hydrogen) atoms. The van der Waals surface area contributed by atoms with E-state index in [9.17, 15) is 4.79 Å². The maximum absolute atomic E-state index is 12.5. The van der Waals surface area contributed by atoms with Gasteiger partial charge in [-0.3, -0.25) is 5.32 Å². The van der Waals surface area contributed by atoms with Crippen LogP contribution in [-0.4, -0.2) is 35.5 Å². The van der Waals surface area contributed by atoms with Gasteiger partial charge in [-0.05, 0) is 23.8 Å². The fourth-order valence-corrected chi connectivity index (χ4v) is 4.04. The average Bonchev–Trinajstić information content (AvgIpc) is 3.16. The second kappa shape index (κ2) is 8.01. The Morgan fingerprint density at radius 3 is 2.77 bits per heavy atom. The molecule has 8 heteroatoms. The van der Waals surface area contributed by atoms with Gasteiger partial charge in [-0.15, -0.1) is 5.10 Å². The molecule has 0 bridgehead atoms. The quantitative estimate of drug-likeness (QED) is 0.595. The van der Waals surface area contributed by atoms with Crippen LogP contribution in [0.15, 0.2) is 54.7 Å². The maximum atomic E-state index is 12.5. The fourth-order valence-electron chi connectivity index (χ4n) is 3.81. The molecule has 0 saturated carbocycles. The monoisotopic (exact) mass is 423 g/mol. The Hall–Kier alpha value is -3.03. The van der Waals surface area contributed by atoms with Crippen LogP contribution >= 0.6 is 11.6 Å². The number of urea groups is 1. The van der Waals surface area contributed by atoms with Gasteiger partial charge in [0.1, 0.15) is 5.75 Å². The summed E-state index contributed by atoms with van der Waals surface area (Å²) in [5.41, 5.74) is 3.17. The van der Waals surface area contributed by atoms with Crippen LogP contribution in [0.4, 0.5) is 10.6 Å². The fraction of sp³-hybridized carbons (Fsp3) is 0.273. The molecule has 154 valence electrons. The van der Waals surface area contributed by atoms with Crippen molar-refractivity contribution in [3.05, 3.63) is 70.9 Å². The number of nitrogens with one attached hydrogen (secondary N) is 3. The number of hydrogen-bond acceptors (Lipinski definition) is 4. The first-order valence-corrected chi connectivity index (χ1v) is 10.4. The Labute approximate surface area is 179 Å². The van der Waals surface area contributed by atoms with Crippen molar-refractivity contribution in [2.75, 3.05) is 25.0 Å².